The molecule has 0 rings (SSSR count). The Kier molecular flexibility index (Phi) is 59.1. The number of allylic oxidation sites excluding steroid dienone is 2. The molecule has 0 aromatic heterocycles. The molecule has 0 spiro atoms. The Morgan fingerprint density at radius 1 is 0.268 bits per heavy atom. The Labute approximate surface area is 443 Å². The normalized spacial score (nSPS) is 12.0. The van der Waals surface area contributed by atoms with Crippen LogP contribution in [0, 0.1) is 0 Å². The molecule has 0 amide bonds. The maximum absolute atomic E-state index is 12.9. The molecule has 0 bridgehead atoms. The molecule has 6 nitrogen and oxygen atoms in total. The first-order chi connectivity index (χ1) is 35.0. The largest absolute Gasteiger partial charge is 0.462 e. The van der Waals surface area contributed by atoms with Crippen LogP contribution in [0.3, 0.4) is 0 Å². The van der Waals surface area contributed by atoms with Crippen molar-refractivity contribution in [3.8, 4) is 0 Å². The fraction of sp³-hybridized carbons (Fsp3) is 0.923. The SMILES string of the molecule is CCCCCCCC/C=C\CCCCCCCCCCCC(=O)OC[C@H](COC(=O)CCCCCCCCCCCCCCCCCCCCCCC)OC(=O)CCCCCCCCCCCCCCC. The maximum atomic E-state index is 12.9. The van der Waals surface area contributed by atoms with Gasteiger partial charge >= 0.3 is 17.9 Å². The predicted octanol–water partition coefficient (Wildman–Crippen LogP) is 21.7. The number of esters is 3. The summed E-state index contributed by atoms with van der Waals surface area (Å²) in [6.45, 7) is 6.71. The van der Waals surface area contributed by atoms with Gasteiger partial charge < -0.3 is 14.2 Å². The topological polar surface area (TPSA) is 78.9 Å². The third-order valence-corrected chi connectivity index (χ3v) is 14.8. The van der Waals surface area contributed by atoms with Crippen molar-refractivity contribution in [2.24, 2.45) is 0 Å². The minimum atomic E-state index is -0.766. The zero-order valence-corrected chi connectivity index (χ0v) is 48.3. The van der Waals surface area contributed by atoms with Crippen molar-refractivity contribution in [2.75, 3.05) is 13.2 Å². The average molecular weight is 1000 g/mol. The number of ether oxygens (including phenoxy) is 3. The number of rotatable bonds is 60. The molecule has 0 saturated heterocycles. The summed E-state index contributed by atoms with van der Waals surface area (Å²) in [5, 5.41) is 0. The lowest BCUT2D eigenvalue weighted by molar-refractivity contribution is -0.167. The fourth-order valence-electron chi connectivity index (χ4n) is 9.91. The van der Waals surface area contributed by atoms with E-state index < -0.39 is 6.10 Å². The zero-order valence-electron chi connectivity index (χ0n) is 48.3. The van der Waals surface area contributed by atoms with Crippen LogP contribution < -0.4 is 0 Å². The fourth-order valence-corrected chi connectivity index (χ4v) is 9.91. The summed E-state index contributed by atoms with van der Waals surface area (Å²) >= 11 is 0. The summed E-state index contributed by atoms with van der Waals surface area (Å²) in [5.74, 6) is -0.836. The van der Waals surface area contributed by atoms with Gasteiger partial charge in [-0.2, -0.15) is 0 Å². The summed E-state index contributed by atoms with van der Waals surface area (Å²) in [5.41, 5.74) is 0. The van der Waals surface area contributed by atoms with Gasteiger partial charge in [-0.05, 0) is 44.9 Å². The molecule has 0 aromatic carbocycles. The smallest absolute Gasteiger partial charge is 0.306 e. The molecule has 1 atom stereocenters. The van der Waals surface area contributed by atoms with Gasteiger partial charge in [0.2, 0.25) is 0 Å². The van der Waals surface area contributed by atoms with E-state index in [1.54, 1.807) is 0 Å². The van der Waals surface area contributed by atoms with Crippen molar-refractivity contribution in [1.82, 2.24) is 0 Å². The van der Waals surface area contributed by atoms with Crippen LogP contribution in [0.1, 0.15) is 367 Å². The van der Waals surface area contributed by atoms with Gasteiger partial charge in [0.15, 0.2) is 6.10 Å². The minimum Gasteiger partial charge on any atom is -0.462 e. The molecule has 71 heavy (non-hydrogen) atoms. The van der Waals surface area contributed by atoms with Gasteiger partial charge in [-0.1, -0.05) is 315 Å². The van der Waals surface area contributed by atoms with Gasteiger partial charge in [0.05, 0.1) is 0 Å². The van der Waals surface area contributed by atoms with Crippen LogP contribution >= 0.6 is 0 Å². The third kappa shape index (κ3) is 58.9. The molecule has 0 aliphatic heterocycles. The highest BCUT2D eigenvalue weighted by atomic mass is 16.6. The van der Waals surface area contributed by atoms with Crippen molar-refractivity contribution >= 4 is 17.9 Å². The number of hydrogen-bond donors (Lipinski definition) is 0. The molecule has 420 valence electrons. The van der Waals surface area contributed by atoms with Gasteiger partial charge in [0.25, 0.3) is 0 Å². The monoisotopic (exact) mass is 1000 g/mol. The number of carbonyl (C=O) groups excluding carboxylic acids is 3. The maximum Gasteiger partial charge on any atom is 0.306 e. The van der Waals surface area contributed by atoms with Crippen molar-refractivity contribution < 1.29 is 28.6 Å². The van der Waals surface area contributed by atoms with Crippen LogP contribution in [0.2, 0.25) is 0 Å². The van der Waals surface area contributed by atoms with E-state index in [0.29, 0.717) is 19.3 Å². The molecule has 0 aromatic rings. The van der Waals surface area contributed by atoms with Crippen LogP contribution in [0.5, 0.6) is 0 Å². The Balaban J connectivity index is 4.24. The van der Waals surface area contributed by atoms with E-state index in [1.807, 2.05) is 0 Å². The van der Waals surface area contributed by atoms with Gasteiger partial charge in [0, 0.05) is 19.3 Å². The van der Waals surface area contributed by atoms with Gasteiger partial charge in [-0.15, -0.1) is 0 Å². The highest BCUT2D eigenvalue weighted by Gasteiger charge is 2.19. The van der Waals surface area contributed by atoms with E-state index in [2.05, 4.69) is 32.9 Å². The molecule has 6 heteroatoms. The highest BCUT2D eigenvalue weighted by Crippen LogP contribution is 2.18. The number of unbranched alkanes of at least 4 members (excludes halogenated alkanes) is 47. The highest BCUT2D eigenvalue weighted by molar-refractivity contribution is 5.71. The summed E-state index contributed by atoms with van der Waals surface area (Å²) in [7, 11) is 0. The average Bonchev–Trinajstić information content (AvgIpc) is 3.37. The second kappa shape index (κ2) is 60.7. The van der Waals surface area contributed by atoms with Crippen molar-refractivity contribution in [3.05, 3.63) is 12.2 Å². The van der Waals surface area contributed by atoms with Crippen LogP contribution in [-0.2, 0) is 28.6 Å². The van der Waals surface area contributed by atoms with Gasteiger partial charge in [0.1, 0.15) is 13.2 Å². The van der Waals surface area contributed by atoms with Crippen molar-refractivity contribution in [1.29, 1.82) is 0 Å². The summed E-state index contributed by atoms with van der Waals surface area (Å²) < 4.78 is 16.9. The first-order valence-corrected chi connectivity index (χ1v) is 32.2. The standard InChI is InChI=1S/C65H124O6/c1-4-7-10-13-16-19-22-25-27-29-31-32-34-36-38-41-43-46-49-52-55-58-64(67)70-61-62(71-65(68)59-56-53-50-47-44-39-24-21-18-15-12-9-6-3)60-69-63(66)57-54-51-48-45-42-40-37-35-33-30-28-26-23-20-17-14-11-8-5-2/h26,28,62H,4-25,27,29-61H2,1-3H3/b28-26-/t62-/m1/s1. The summed E-state index contributed by atoms with van der Waals surface area (Å²) in [6.07, 6.45) is 70.7. The lowest BCUT2D eigenvalue weighted by Crippen LogP contribution is -2.30. The third-order valence-electron chi connectivity index (χ3n) is 14.8. The first kappa shape index (κ1) is 69.2. The Morgan fingerprint density at radius 2 is 0.465 bits per heavy atom. The molecule has 0 heterocycles. The lowest BCUT2D eigenvalue weighted by atomic mass is 10.0. The van der Waals surface area contributed by atoms with Crippen molar-refractivity contribution in [3.63, 3.8) is 0 Å². The van der Waals surface area contributed by atoms with Gasteiger partial charge in [-0.25, -0.2) is 0 Å². The second-order valence-corrected chi connectivity index (χ2v) is 22.0. The molecule has 0 aliphatic rings. The van der Waals surface area contributed by atoms with E-state index in [0.717, 1.165) is 57.8 Å². The van der Waals surface area contributed by atoms with Crippen LogP contribution in [0.4, 0.5) is 0 Å². The van der Waals surface area contributed by atoms with E-state index in [4.69, 9.17) is 14.2 Å². The van der Waals surface area contributed by atoms with Crippen molar-refractivity contribution in [2.45, 2.75) is 374 Å². The molecule has 0 N–H and O–H groups in total. The first-order valence-electron chi connectivity index (χ1n) is 32.2. The summed E-state index contributed by atoms with van der Waals surface area (Å²) in [4.78, 5) is 38.3. The second-order valence-electron chi connectivity index (χ2n) is 22.0. The minimum absolute atomic E-state index is 0.0638. The Bertz CT molecular complexity index is 1100. The lowest BCUT2D eigenvalue weighted by Gasteiger charge is -2.18. The van der Waals surface area contributed by atoms with E-state index in [1.165, 1.54) is 270 Å². The molecular formula is C65H124O6. The Morgan fingerprint density at radius 3 is 0.704 bits per heavy atom. The Hall–Kier alpha value is -1.85. The molecule has 0 unspecified atom stereocenters. The van der Waals surface area contributed by atoms with Gasteiger partial charge in [-0.3, -0.25) is 14.4 Å². The van der Waals surface area contributed by atoms with E-state index in [9.17, 15) is 14.4 Å². The van der Waals surface area contributed by atoms with E-state index >= 15 is 0 Å². The predicted molar refractivity (Wildman–Crippen MR) is 307 cm³/mol. The zero-order chi connectivity index (χ0) is 51.4. The molecule has 0 saturated carbocycles. The van der Waals surface area contributed by atoms with Crippen LogP contribution in [0.25, 0.3) is 0 Å². The molecule has 0 aliphatic carbocycles. The summed E-state index contributed by atoms with van der Waals surface area (Å²) in [6, 6.07) is 0. The molecular weight excluding hydrogens is 877 g/mol. The number of hydrogen-bond acceptors (Lipinski definition) is 6. The van der Waals surface area contributed by atoms with Crippen LogP contribution in [0.15, 0.2) is 12.2 Å². The molecule has 0 radical (unpaired) electrons. The van der Waals surface area contributed by atoms with E-state index in [-0.39, 0.29) is 31.1 Å². The number of carbonyl (C=O) groups is 3. The van der Waals surface area contributed by atoms with Crippen LogP contribution in [-0.4, -0.2) is 37.2 Å². The quantitative estimate of drug-likeness (QED) is 0.0261. The molecule has 0 fully saturated rings.